The highest BCUT2D eigenvalue weighted by Crippen LogP contribution is 2.30. The van der Waals surface area contributed by atoms with Crippen LogP contribution in [0, 0.1) is 11.6 Å². The van der Waals surface area contributed by atoms with Gasteiger partial charge in [0.05, 0.1) is 11.4 Å². The number of benzene rings is 2. The zero-order valence-corrected chi connectivity index (χ0v) is 16.4. The molecule has 0 saturated carbocycles. The van der Waals surface area contributed by atoms with E-state index in [0.29, 0.717) is 17.4 Å². The van der Waals surface area contributed by atoms with Crippen LogP contribution in [0.3, 0.4) is 0 Å². The van der Waals surface area contributed by atoms with E-state index < -0.39 is 29.3 Å². The molecule has 2 unspecified atom stereocenters. The molecule has 1 N–H and O–H groups in total. The van der Waals surface area contributed by atoms with Crippen molar-refractivity contribution >= 4 is 22.4 Å². The van der Waals surface area contributed by atoms with Gasteiger partial charge in [0, 0.05) is 32.4 Å². The maximum absolute atomic E-state index is 13.9. The Hall–Kier alpha value is -3.22. The Kier molecular flexibility index (Phi) is 4.61. The van der Waals surface area contributed by atoms with Gasteiger partial charge in [0.2, 0.25) is 5.91 Å². The lowest BCUT2D eigenvalue weighted by molar-refractivity contribution is -0.132. The van der Waals surface area contributed by atoms with Crippen molar-refractivity contribution in [3.63, 3.8) is 0 Å². The van der Waals surface area contributed by atoms with Crippen LogP contribution in [0.4, 0.5) is 14.5 Å². The van der Waals surface area contributed by atoms with E-state index in [0.717, 1.165) is 23.4 Å². The molecule has 4 rings (SSSR count). The minimum atomic E-state index is -1.07. The van der Waals surface area contributed by atoms with E-state index in [1.54, 1.807) is 32.1 Å². The summed E-state index contributed by atoms with van der Waals surface area (Å²) in [5.41, 5.74) is 2.18. The predicted molar refractivity (Wildman–Crippen MR) is 108 cm³/mol. The van der Waals surface area contributed by atoms with Crippen LogP contribution in [-0.4, -0.2) is 28.5 Å². The summed E-state index contributed by atoms with van der Waals surface area (Å²) in [6.45, 7) is 1.81. The Labute approximate surface area is 166 Å². The highest BCUT2D eigenvalue weighted by atomic mass is 19.2. The van der Waals surface area contributed by atoms with Gasteiger partial charge in [-0.15, -0.1) is 0 Å². The lowest BCUT2D eigenvalue weighted by atomic mass is 10.00. The monoisotopic (exact) mass is 397 g/mol. The number of aromatic nitrogens is 1. The average molecular weight is 397 g/mol. The molecule has 0 bridgehead atoms. The minimum absolute atomic E-state index is 0.0861. The fourth-order valence-corrected chi connectivity index (χ4v) is 3.91. The van der Waals surface area contributed by atoms with Crippen LogP contribution >= 0.6 is 0 Å². The van der Waals surface area contributed by atoms with Gasteiger partial charge in [-0.1, -0.05) is 18.2 Å². The molecule has 0 aliphatic carbocycles. The van der Waals surface area contributed by atoms with Crippen LogP contribution in [0.25, 0.3) is 10.8 Å². The second-order valence-corrected chi connectivity index (χ2v) is 7.50. The number of pyridine rings is 1. The summed E-state index contributed by atoms with van der Waals surface area (Å²) in [6, 6.07) is 8.86. The van der Waals surface area contributed by atoms with Gasteiger partial charge in [-0.05, 0) is 41.6 Å². The molecule has 29 heavy (non-hydrogen) atoms. The number of para-hydroxylation sites is 1. The quantitative estimate of drug-likeness (QED) is 0.737. The predicted octanol–water partition coefficient (Wildman–Crippen LogP) is 3.37. The molecule has 0 spiro atoms. The number of nitrogens with one attached hydrogen (secondary N) is 1. The lowest BCUT2D eigenvalue weighted by Crippen LogP contribution is -2.41. The lowest BCUT2D eigenvalue weighted by Gasteiger charge is -2.29. The van der Waals surface area contributed by atoms with Gasteiger partial charge < -0.3 is 14.8 Å². The van der Waals surface area contributed by atoms with Crippen molar-refractivity contribution in [1.29, 1.82) is 0 Å². The second kappa shape index (κ2) is 6.99. The number of nitrogens with zero attached hydrogens (tertiary/aromatic N) is 2. The number of carbonyl (C=O) groups is 1. The Morgan fingerprint density at radius 1 is 1.21 bits per heavy atom. The highest BCUT2D eigenvalue weighted by molar-refractivity contribution is 5.89. The number of hydrogen-bond acceptors (Lipinski definition) is 3. The van der Waals surface area contributed by atoms with Crippen molar-refractivity contribution in [3.05, 3.63) is 75.7 Å². The van der Waals surface area contributed by atoms with Gasteiger partial charge in [0.15, 0.2) is 11.6 Å². The zero-order chi connectivity index (χ0) is 20.9. The van der Waals surface area contributed by atoms with Gasteiger partial charge >= 0.3 is 0 Å². The number of carbonyl (C=O) groups excluding carboxylic acids is 1. The van der Waals surface area contributed by atoms with Crippen LogP contribution in [0.2, 0.25) is 0 Å². The molecule has 150 valence electrons. The number of rotatable bonds is 3. The van der Waals surface area contributed by atoms with Crippen molar-refractivity contribution in [2.24, 2.45) is 7.05 Å². The molecule has 2 atom stereocenters. The van der Waals surface area contributed by atoms with Crippen LogP contribution in [0.1, 0.15) is 24.1 Å². The van der Waals surface area contributed by atoms with E-state index in [9.17, 15) is 18.4 Å². The van der Waals surface area contributed by atoms with E-state index in [4.69, 9.17) is 0 Å². The van der Waals surface area contributed by atoms with E-state index in [-0.39, 0.29) is 11.3 Å². The third-order valence-electron chi connectivity index (χ3n) is 5.70. The van der Waals surface area contributed by atoms with E-state index in [1.807, 2.05) is 24.3 Å². The summed E-state index contributed by atoms with van der Waals surface area (Å²) in [7, 11) is 3.23. The first-order valence-electron chi connectivity index (χ1n) is 9.37. The minimum Gasteiger partial charge on any atom is -0.373 e. The first kappa shape index (κ1) is 19.1. The largest absolute Gasteiger partial charge is 0.373 e. The van der Waals surface area contributed by atoms with Crippen LogP contribution < -0.4 is 10.9 Å². The highest BCUT2D eigenvalue weighted by Gasteiger charge is 2.31. The third-order valence-corrected chi connectivity index (χ3v) is 5.70. The van der Waals surface area contributed by atoms with Gasteiger partial charge in [0.25, 0.3) is 5.56 Å². The van der Waals surface area contributed by atoms with Gasteiger partial charge in [0.1, 0.15) is 6.04 Å². The van der Waals surface area contributed by atoms with Gasteiger partial charge in [-0.3, -0.25) is 9.59 Å². The van der Waals surface area contributed by atoms with Gasteiger partial charge in [-0.2, -0.15) is 0 Å². The molecular weight excluding hydrogens is 376 g/mol. The molecule has 1 aliphatic heterocycles. The topological polar surface area (TPSA) is 54.3 Å². The van der Waals surface area contributed by atoms with E-state index in [1.165, 1.54) is 4.57 Å². The number of anilines is 1. The fraction of sp³-hybridized carbons (Fsp3) is 0.273. The molecule has 1 amide bonds. The molecule has 7 heteroatoms. The van der Waals surface area contributed by atoms with Crippen molar-refractivity contribution in [2.75, 3.05) is 12.4 Å². The molecule has 2 heterocycles. The Bertz CT molecular complexity index is 1160. The van der Waals surface area contributed by atoms with Crippen molar-refractivity contribution in [3.8, 4) is 0 Å². The summed E-state index contributed by atoms with van der Waals surface area (Å²) < 4.78 is 29.0. The normalized spacial score (nSPS) is 16.4. The number of amides is 1. The summed E-state index contributed by atoms with van der Waals surface area (Å²) in [5, 5.41) is 3.63. The molecule has 0 fully saturated rings. The molecule has 1 aromatic heterocycles. The molecule has 2 aromatic carbocycles. The maximum atomic E-state index is 13.9. The molecule has 5 nitrogen and oxygen atoms in total. The molecule has 0 radical (unpaired) electrons. The van der Waals surface area contributed by atoms with Crippen LogP contribution in [-0.2, 0) is 18.3 Å². The van der Waals surface area contributed by atoms with Crippen molar-refractivity contribution in [2.45, 2.75) is 25.4 Å². The Morgan fingerprint density at radius 3 is 2.55 bits per heavy atom. The number of aryl methyl sites for hydroxylation is 1. The fourth-order valence-electron chi connectivity index (χ4n) is 3.91. The molecule has 0 saturated heterocycles. The maximum Gasteiger partial charge on any atom is 0.258 e. The van der Waals surface area contributed by atoms with Crippen molar-refractivity contribution < 1.29 is 13.6 Å². The smallest absolute Gasteiger partial charge is 0.258 e. The Balaban J connectivity index is 1.69. The summed E-state index contributed by atoms with van der Waals surface area (Å²) >= 11 is 0. The third kappa shape index (κ3) is 3.16. The summed E-state index contributed by atoms with van der Waals surface area (Å²) in [4.78, 5) is 27.1. The zero-order valence-electron chi connectivity index (χ0n) is 16.4. The number of hydrogen-bond donors (Lipinski definition) is 1. The molecule has 1 aliphatic rings. The van der Waals surface area contributed by atoms with E-state index in [2.05, 4.69) is 5.32 Å². The second-order valence-electron chi connectivity index (χ2n) is 7.50. The summed E-state index contributed by atoms with van der Waals surface area (Å²) in [5.74, 6) is -2.21. The molecular formula is C22H21F2N3O2. The van der Waals surface area contributed by atoms with E-state index >= 15 is 0 Å². The number of fused-ring (bicyclic) bond motifs is 2. The molecule has 3 aromatic rings. The number of halogens is 2. The SMILES string of the molecule is CC(c1cn(C)c(=O)c2cc(F)c(F)cc12)N(C)C(=O)C1Cc2ccccc2N1. The van der Waals surface area contributed by atoms with Crippen molar-refractivity contribution in [1.82, 2.24) is 9.47 Å². The first-order valence-corrected chi connectivity index (χ1v) is 9.37. The summed E-state index contributed by atoms with van der Waals surface area (Å²) in [6.07, 6.45) is 2.16. The average Bonchev–Trinajstić information content (AvgIpc) is 3.15. The number of likely N-dealkylation sites (N-methyl/N-ethyl adjacent to an activating group) is 1. The van der Waals surface area contributed by atoms with Gasteiger partial charge in [-0.25, -0.2) is 8.78 Å². The van der Waals surface area contributed by atoms with Crippen LogP contribution in [0.5, 0.6) is 0 Å². The first-order chi connectivity index (χ1) is 13.8. The van der Waals surface area contributed by atoms with Crippen LogP contribution in [0.15, 0.2) is 47.4 Å². The Morgan fingerprint density at radius 2 is 1.86 bits per heavy atom. The standard InChI is InChI=1S/C22H21F2N3O2/c1-12(27(3)22(29)20-8-13-6-4-5-7-19(13)25-20)16-11-26(2)21(28)15-10-18(24)17(23)9-14(15)16/h4-7,9-12,20,25H,8H2,1-3H3.